The first kappa shape index (κ1) is 22.3. The van der Waals surface area contributed by atoms with E-state index in [1.807, 2.05) is 18.2 Å². The molecule has 1 saturated heterocycles. The third-order valence-corrected chi connectivity index (χ3v) is 9.66. The maximum absolute atomic E-state index is 5.48. The van der Waals surface area contributed by atoms with Crippen LogP contribution in [-0.4, -0.2) is 35.2 Å². The Labute approximate surface area is 200 Å². The summed E-state index contributed by atoms with van der Waals surface area (Å²) in [5.74, 6) is 1.04. The van der Waals surface area contributed by atoms with Gasteiger partial charge in [-0.05, 0) is 19.3 Å². The number of ether oxygens (including phenoxy) is 1. The molecule has 4 aromatic rings. The van der Waals surface area contributed by atoms with Crippen LogP contribution in [-0.2, 0) is 0 Å². The van der Waals surface area contributed by atoms with Crippen LogP contribution >= 0.6 is 7.05 Å². The number of aromatic nitrogens is 3. The fourth-order valence-corrected chi connectivity index (χ4v) is 7.80. The zero-order chi connectivity index (χ0) is 23.2. The highest BCUT2D eigenvalue weighted by atomic mass is 31.2. The second-order valence-corrected chi connectivity index (χ2v) is 11.2. The fraction of sp³-hybridized carbons (Fsp3) is 0.222. The lowest BCUT2D eigenvalue weighted by Crippen LogP contribution is -2.31. The van der Waals surface area contributed by atoms with Gasteiger partial charge in [0.1, 0.15) is 0 Å². The second-order valence-electron chi connectivity index (χ2n) is 8.21. The molecule has 0 atom stereocenters. The van der Waals surface area contributed by atoms with Gasteiger partial charge in [0.15, 0.2) is 0 Å². The molecule has 34 heavy (non-hydrogen) atoms. The molecule has 0 aliphatic carbocycles. The summed E-state index contributed by atoms with van der Waals surface area (Å²) in [5, 5.41) is 3.43. The summed E-state index contributed by atoms with van der Waals surface area (Å²) < 4.78 is 10.9. The van der Waals surface area contributed by atoms with Crippen molar-refractivity contribution in [2.24, 2.45) is 4.74 Å². The highest BCUT2D eigenvalue weighted by Crippen LogP contribution is 2.48. The molecular weight excluding hydrogens is 441 g/mol. The molecule has 3 aromatic carbocycles. The predicted octanol–water partition coefficient (Wildman–Crippen LogP) is 4.68. The summed E-state index contributed by atoms with van der Waals surface area (Å²) in [6, 6.07) is 31.7. The Balaban J connectivity index is 1.80. The molecule has 1 aromatic heterocycles. The van der Waals surface area contributed by atoms with Crippen LogP contribution in [0.5, 0.6) is 6.01 Å². The molecule has 0 amide bonds. The first-order valence-corrected chi connectivity index (χ1v) is 13.4. The molecule has 6 nitrogen and oxygen atoms in total. The van der Waals surface area contributed by atoms with Crippen molar-refractivity contribution in [1.82, 2.24) is 15.0 Å². The van der Waals surface area contributed by atoms with Gasteiger partial charge in [-0.15, -0.1) is 0 Å². The van der Waals surface area contributed by atoms with Crippen molar-refractivity contribution < 1.29 is 4.74 Å². The van der Waals surface area contributed by atoms with Crippen molar-refractivity contribution in [2.45, 2.75) is 19.3 Å². The van der Waals surface area contributed by atoms with Crippen LogP contribution in [0.25, 0.3) is 0 Å². The van der Waals surface area contributed by atoms with E-state index in [0.29, 0.717) is 17.9 Å². The minimum absolute atomic E-state index is 0.293. The molecule has 0 spiro atoms. The lowest BCUT2D eigenvalue weighted by Gasteiger charge is -2.28. The van der Waals surface area contributed by atoms with Crippen molar-refractivity contribution in [3.05, 3.63) is 91.0 Å². The van der Waals surface area contributed by atoms with Gasteiger partial charge in [-0.1, -0.05) is 91.0 Å². The summed E-state index contributed by atoms with van der Waals surface area (Å²) >= 11 is 0. The number of hydrogen-bond acceptors (Lipinski definition) is 6. The van der Waals surface area contributed by atoms with E-state index in [2.05, 4.69) is 87.7 Å². The van der Waals surface area contributed by atoms with E-state index in [1.54, 1.807) is 7.11 Å². The molecule has 1 fully saturated rings. The Morgan fingerprint density at radius 3 is 1.65 bits per heavy atom. The molecule has 0 N–H and O–H groups in total. The second kappa shape index (κ2) is 10.2. The van der Waals surface area contributed by atoms with Crippen molar-refractivity contribution in [1.29, 1.82) is 0 Å². The minimum atomic E-state index is -2.47. The van der Waals surface area contributed by atoms with Crippen LogP contribution in [0.4, 0.5) is 11.9 Å². The van der Waals surface area contributed by atoms with Gasteiger partial charge in [0, 0.05) is 29.0 Å². The van der Waals surface area contributed by atoms with Crippen molar-refractivity contribution >= 4 is 34.9 Å². The molecule has 5 rings (SSSR count). The van der Waals surface area contributed by atoms with Gasteiger partial charge in [-0.25, -0.2) is 4.74 Å². The zero-order valence-electron chi connectivity index (χ0n) is 19.3. The van der Waals surface area contributed by atoms with Crippen LogP contribution in [0, 0.1) is 0 Å². The number of piperidine rings is 1. The van der Waals surface area contributed by atoms with E-state index < -0.39 is 7.05 Å². The molecule has 0 unspecified atom stereocenters. The largest absolute Gasteiger partial charge is 0.467 e. The SMILES string of the molecule is COc1nc(N=P(c2ccccc2)(c2ccccc2)c2ccccc2)nc(N2CCCCC2)n1. The lowest BCUT2D eigenvalue weighted by atomic mass is 10.1. The van der Waals surface area contributed by atoms with Gasteiger partial charge < -0.3 is 9.64 Å². The van der Waals surface area contributed by atoms with Crippen LogP contribution in [0.15, 0.2) is 95.7 Å². The van der Waals surface area contributed by atoms with E-state index >= 15 is 0 Å². The quantitative estimate of drug-likeness (QED) is 0.384. The topological polar surface area (TPSA) is 63.5 Å². The first-order valence-electron chi connectivity index (χ1n) is 11.6. The Morgan fingerprint density at radius 2 is 1.18 bits per heavy atom. The number of methoxy groups -OCH3 is 1. The van der Waals surface area contributed by atoms with Crippen LogP contribution in [0.1, 0.15) is 19.3 Å². The Hall–Kier alpha value is -3.50. The number of benzene rings is 3. The molecule has 1 aliphatic rings. The first-order chi connectivity index (χ1) is 16.8. The van der Waals surface area contributed by atoms with Gasteiger partial charge in [0.25, 0.3) is 5.95 Å². The monoisotopic (exact) mass is 469 g/mol. The molecule has 2 heterocycles. The maximum Gasteiger partial charge on any atom is 0.322 e. The van der Waals surface area contributed by atoms with Gasteiger partial charge in [-0.3, -0.25) is 0 Å². The van der Waals surface area contributed by atoms with Crippen LogP contribution in [0.3, 0.4) is 0 Å². The smallest absolute Gasteiger partial charge is 0.322 e. The standard InChI is InChI=1S/C27H28N5OP/c1-33-27-29-25(28-26(30-27)32-20-12-5-13-21-32)31-34(22-14-6-2-7-15-22,23-16-8-3-9-17-23)24-18-10-4-11-19-24/h2-4,6-11,14-19H,5,12-13,20-21H2,1H3. The lowest BCUT2D eigenvalue weighted by molar-refractivity contribution is 0.378. The minimum Gasteiger partial charge on any atom is -0.467 e. The summed E-state index contributed by atoms with van der Waals surface area (Å²) in [7, 11) is -0.877. The van der Waals surface area contributed by atoms with Crippen LogP contribution < -0.4 is 25.6 Å². The van der Waals surface area contributed by atoms with E-state index in [-0.39, 0.29) is 0 Å². The normalized spacial score (nSPS) is 14.0. The number of anilines is 1. The van der Waals surface area contributed by atoms with E-state index in [0.717, 1.165) is 41.8 Å². The molecule has 7 heteroatoms. The Bertz CT molecular complexity index is 1170. The summed E-state index contributed by atoms with van der Waals surface area (Å²) in [5.41, 5.74) is 0. The maximum atomic E-state index is 5.48. The van der Waals surface area contributed by atoms with E-state index in [1.165, 1.54) is 6.42 Å². The fourth-order valence-electron chi connectivity index (χ4n) is 4.39. The van der Waals surface area contributed by atoms with Crippen LogP contribution in [0.2, 0.25) is 0 Å². The Kier molecular flexibility index (Phi) is 6.68. The van der Waals surface area contributed by atoms with Gasteiger partial charge in [-0.2, -0.15) is 15.0 Å². The molecule has 1 aliphatic heterocycles. The van der Waals surface area contributed by atoms with E-state index in [9.17, 15) is 0 Å². The average molecular weight is 470 g/mol. The Morgan fingerprint density at radius 1 is 0.676 bits per heavy atom. The molecule has 0 radical (unpaired) electrons. The third-order valence-electron chi connectivity index (χ3n) is 6.04. The van der Waals surface area contributed by atoms with Gasteiger partial charge in [0.05, 0.1) is 14.2 Å². The summed E-state index contributed by atoms with van der Waals surface area (Å²) in [4.78, 5) is 16.2. The molecule has 0 bridgehead atoms. The van der Waals surface area contributed by atoms with Crippen molar-refractivity contribution in [2.75, 3.05) is 25.1 Å². The third kappa shape index (κ3) is 4.46. The average Bonchev–Trinajstić information content (AvgIpc) is 2.93. The summed E-state index contributed by atoms with van der Waals surface area (Å²) in [6.45, 7) is 1.87. The summed E-state index contributed by atoms with van der Waals surface area (Å²) in [6.07, 6.45) is 3.51. The molecular formula is C27H28N5OP. The molecule has 172 valence electrons. The van der Waals surface area contributed by atoms with Gasteiger partial charge >= 0.3 is 6.01 Å². The highest BCUT2D eigenvalue weighted by Gasteiger charge is 2.28. The van der Waals surface area contributed by atoms with E-state index in [4.69, 9.17) is 14.5 Å². The molecule has 0 saturated carbocycles. The van der Waals surface area contributed by atoms with Crippen molar-refractivity contribution in [3.63, 3.8) is 0 Å². The number of hydrogen-bond donors (Lipinski definition) is 0. The highest BCUT2D eigenvalue weighted by molar-refractivity contribution is 7.87. The zero-order valence-corrected chi connectivity index (χ0v) is 20.2. The number of rotatable bonds is 6. The predicted molar refractivity (Wildman–Crippen MR) is 140 cm³/mol. The van der Waals surface area contributed by atoms with Crippen molar-refractivity contribution in [3.8, 4) is 6.01 Å². The number of nitrogens with zero attached hydrogens (tertiary/aromatic N) is 5. The van der Waals surface area contributed by atoms with Gasteiger partial charge in [0.2, 0.25) is 5.95 Å².